The highest BCUT2D eigenvalue weighted by Crippen LogP contribution is 2.20. The minimum atomic E-state index is -0.414. The zero-order valence-electron chi connectivity index (χ0n) is 12.8. The Bertz CT molecular complexity index is 907. The topological polar surface area (TPSA) is 77.6 Å². The van der Waals surface area contributed by atoms with Crippen molar-refractivity contribution in [1.82, 2.24) is 24.8 Å². The van der Waals surface area contributed by atoms with Gasteiger partial charge in [-0.1, -0.05) is 34.5 Å². The van der Waals surface area contributed by atoms with Crippen LogP contribution in [0.3, 0.4) is 0 Å². The van der Waals surface area contributed by atoms with Crippen LogP contribution in [0, 0.1) is 6.92 Å². The van der Waals surface area contributed by atoms with Gasteiger partial charge in [0.25, 0.3) is 5.56 Å². The normalized spacial score (nSPS) is 10.8. The summed E-state index contributed by atoms with van der Waals surface area (Å²) < 4.78 is 2.89. The maximum absolute atomic E-state index is 12.4. The van der Waals surface area contributed by atoms with Gasteiger partial charge in [0.1, 0.15) is 5.02 Å². The molecular weight excluding hydrogens is 351 g/mol. The summed E-state index contributed by atoms with van der Waals surface area (Å²) in [5.41, 5.74) is 1.54. The van der Waals surface area contributed by atoms with Gasteiger partial charge in [-0.25, -0.2) is 0 Å². The molecule has 2 aromatic heterocycles. The molecule has 3 aromatic rings. The smallest absolute Gasteiger partial charge is 0.292 e. The van der Waals surface area contributed by atoms with Gasteiger partial charge >= 0.3 is 0 Å². The fourth-order valence-electron chi connectivity index (χ4n) is 2.11. The molecule has 0 aliphatic heterocycles. The van der Waals surface area contributed by atoms with Gasteiger partial charge in [-0.15, -0.1) is 5.10 Å². The highest BCUT2D eigenvalue weighted by atomic mass is 35.5. The second-order valence-corrected chi connectivity index (χ2v) is 5.90. The monoisotopic (exact) mass is 364 g/mol. The molecule has 124 valence electrons. The van der Waals surface area contributed by atoms with Crippen molar-refractivity contribution >= 4 is 28.9 Å². The molecule has 0 amide bonds. The standard InChI is InChI=1S/C15H14Cl2N6O/c1-10-2-3-11(8-12(10)16)23-15(24)14(17)13(9-20-23)18-4-6-22-7-5-19-21-22/h2-3,5,7-9,18H,4,6H2,1H3. The van der Waals surface area contributed by atoms with E-state index in [9.17, 15) is 4.79 Å². The van der Waals surface area contributed by atoms with Crippen molar-refractivity contribution in [2.45, 2.75) is 13.5 Å². The van der Waals surface area contributed by atoms with Crippen LogP contribution in [0.2, 0.25) is 10.0 Å². The Morgan fingerprint density at radius 3 is 2.83 bits per heavy atom. The lowest BCUT2D eigenvalue weighted by molar-refractivity contribution is 0.608. The molecule has 24 heavy (non-hydrogen) atoms. The first kappa shape index (κ1) is 16.5. The van der Waals surface area contributed by atoms with E-state index in [0.29, 0.717) is 29.5 Å². The molecule has 0 bridgehead atoms. The maximum Gasteiger partial charge on any atom is 0.292 e. The summed E-state index contributed by atoms with van der Waals surface area (Å²) in [7, 11) is 0. The predicted octanol–water partition coefficient (Wildman–Crippen LogP) is 2.55. The molecule has 7 nitrogen and oxygen atoms in total. The number of nitrogens with one attached hydrogen (secondary N) is 1. The fourth-order valence-corrected chi connectivity index (χ4v) is 2.48. The second-order valence-electron chi connectivity index (χ2n) is 5.12. The summed E-state index contributed by atoms with van der Waals surface area (Å²) in [6.45, 7) is 3.01. The lowest BCUT2D eigenvalue weighted by atomic mass is 10.2. The van der Waals surface area contributed by atoms with Gasteiger partial charge in [-0.3, -0.25) is 9.48 Å². The van der Waals surface area contributed by atoms with Crippen LogP contribution in [0.4, 0.5) is 5.69 Å². The Balaban J connectivity index is 1.80. The average Bonchev–Trinajstić information content (AvgIpc) is 3.08. The molecule has 3 rings (SSSR count). The summed E-state index contributed by atoms with van der Waals surface area (Å²) >= 11 is 12.3. The first-order valence-electron chi connectivity index (χ1n) is 7.18. The van der Waals surface area contributed by atoms with Crippen molar-refractivity contribution in [2.24, 2.45) is 0 Å². The van der Waals surface area contributed by atoms with Crippen LogP contribution in [-0.4, -0.2) is 31.3 Å². The third-order valence-corrected chi connectivity index (χ3v) is 4.22. The Hall–Kier alpha value is -2.38. The Morgan fingerprint density at radius 1 is 1.29 bits per heavy atom. The van der Waals surface area contributed by atoms with Crippen LogP contribution in [0.25, 0.3) is 5.69 Å². The van der Waals surface area contributed by atoms with Gasteiger partial charge in [0.15, 0.2) is 0 Å². The molecule has 0 aliphatic carbocycles. The Morgan fingerprint density at radius 2 is 2.12 bits per heavy atom. The third-order valence-electron chi connectivity index (χ3n) is 3.45. The third kappa shape index (κ3) is 3.42. The zero-order valence-corrected chi connectivity index (χ0v) is 14.3. The van der Waals surface area contributed by atoms with E-state index >= 15 is 0 Å². The summed E-state index contributed by atoms with van der Waals surface area (Å²) in [4.78, 5) is 12.4. The molecule has 0 saturated carbocycles. The molecule has 2 heterocycles. The molecule has 0 spiro atoms. The highest BCUT2D eigenvalue weighted by molar-refractivity contribution is 6.33. The van der Waals surface area contributed by atoms with Crippen LogP contribution in [-0.2, 0) is 6.54 Å². The van der Waals surface area contributed by atoms with Gasteiger partial charge in [0.05, 0.1) is 30.3 Å². The van der Waals surface area contributed by atoms with Crippen molar-refractivity contribution in [3.63, 3.8) is 0 Å². The quantitative estimate of drug-likeness (QED) is 0.752. The summed E-state index contributed by atoms with van der Waals surface area (Å²) in [5, 5.41) is 15.4. The van der Waals surface area contributed by atoms with Gasteiger partial charge in [-0.2, -0.15) is 9.78 Å². The Labute approximate surface area is 147 Å². The van der Waals surface area contributed by atoms with E-state index in [1.807, 2.05) is 13.0 Å². The number of hydrogen-bond acceptors (Lipinski definition) is 5. The van der Waals surface area contributed by atoms with Crippen LogP contribution in [0.1, 0.15) is 5.56 Å². The lowest BCUT2D eigenvalue weighted by Gasteiger charge is -2.11. The molecular formula is C15H14Cl2N6O. The largest absolute Gasteiger partial charge is 0.381 e. The molecule has 0 saturated heterocycles. The van der Waals surface area contributed by atoms with E-state index < -0.39 is 5.56 Å². The predicted molar refractivity (Wildman–Crippen MR) is 93.1 cm³/mol. The first-order chi connectivity index (χ1) is 11.6. The summed E-state index contributed by atoms with van der Waals surface area (Å²) in [5.74, 6) is 0. The molecule has 1 N–H and O–H groups in total. The van der Waals surface area contributed by atoms with Crippen LogP contribution < -0.4 is 10.9 Å². The number of aromatic nitrogens is 5. The average molecular weight is 365 g/mol. The van der Waals surface area contributed by atoms with Crippen LogP contribution in [0.15, 0.2) is 41.6 Å². The van der Waals surface area contributed by atoms with Crippen molar-refractivity contribution in [3.05, 3.63) is 62.8 Å². The van der Waals surface area contributed by atoms with Gasteiger partial charge in [0.2, 0.25) is 0 Å². The van der Waals surface area contributed by atoms with Gasteiger partial charge < -0.3 is 5.32 Å². The molecule has 0 atom stereocenters. The molecule has 0 radical (unpaired) electrons. The van der Waals surface area contributed by atoms with E-state index in [0.717, 1.165) is 5.56 Å². The van der Waals surface area contributed by atoms with Crippen molar-refractivity contribution in [3.8, 4) is 5.69 Å². The van der Waals surface area contributed by atoms with E-state index in [4.69, 9.17) is 23.2 Å². The van der Waals surface area contributed by atoms with Gasteiger partial charge in [-0.05, 0) is 24.6 Å². The van der Waals surface area contributed by atoms with Crippen molar-refractivity contribution < 1.29 is 0 Å². The summed E-state index contributed by atoms with van der Waals surface area (Å²) in [6, 6.07) is 5.27. The Kier molecular flexibility index (Phi) is 4.82. The SMILES string of the molecule is Cc1ccc(-n2ncc(NCCn3ccnn3)c(Cl)c2=O)cc1Cl. The molecule has 0 aliphatic rings. The molecule has 9 heteroatoms. The molecule has 0 fully saturated rings. The highest BCUT2D eigenvalue weighted by Gasteiger charge is 2.11. The van der Waals surface area contributed by atoms with E-state index in [1.54, 1.807) is 29.2 Å². The van der Waals surface area contributed by atoms with E-state index in [-0.39, 0.29) is 5.02 Å². The first-order valence-corrected chi connectivity index (χ1v) is 7.94. The number of rotatable bonds is 5. The van der Waals surface area contributed by atoms with Crippen molar-refractivity contribution in [2.75, 3.05) is 11.9 Å². The number of aryl methyl sites for hydroxylation is 1. The van der Waals surface area contributed by atoms with Crippen LogP contribution in [0.5, 0.6) is 0 Å². The zero-order chi connectivity index (χ0) is 17.1. The minimum Gasteiger partial charge on any atom is -0.381 e. The van der Waals surface area contributed by atoms with Gasteiger partial charge in [0, 0.05) is 17.8 Å². The lowest BCUT2D eigenvalue weighted by Crippen LogP contribution is -2.23. The van der Waals surface area contributed by atoms with E-state index in [1.165, 1.54) is 10.9 Å². The number of nitrogens with zero attached hydrogens (tertiary/aromatic N) is 5. The van der Waals surface area contributed by atoms with Crippen molar-refractivity contribution in [1.29, 1.82) is 0 Å². The number of benzene rings is 1. The number of anilines is 1. The number of hydrogen-bond donors (Lipinski definition) is 1. The second kappa shape index (κ2) is 7.02. The maximum atomic E-state index is 12.4. The summed E-state index contributed by atoms with van der Waals surface area (Å²) in [6.07, 6.45) is 4.86. The van der Waals surface area contributed by atoms with E-state index in [2.05, 4.69) is 20.7 Å². The van der Waals surface area contributed by atoms with Crippen LogP contribution >= 0.6 is 23.2 Å². The minimum absolute atomic E-state index is 0.0697. The fraction of sp³-hybridized carbons (Fsp3) is 0.200. The number of halogens is 2. The molecule has 1 aromatic carbocycles. The molecule has 0 unspecified atom stereocenters.